The monoisotopic (exact) mass is 502 g/mol. The third-order valence-electron chi connectivity index (χ3n) is 5.70. The minimum Gasteiger partial charge on any atom is -0.444 e. The summed E-state index contributed by atoms with van der Waals surface area (Å²) in [6.07, 6.45) is -3.72. The molecule has 10 heteroatoms. The van der Waals surface area contributed by atoms with Gasteiger partial charge in [-0.15, -0.1) is 11.3 Å². The molecule has 3 aromatic rings. The van der Waals surface area contributed by atoms with Crippen molar-refractivity contribution in [2.75, 3.05) is 6.54 Å². The van der Waals surface area contributed by atoms with Gasteiger partial charge in [-0.1, -0.05) is 24.3 Å². The highest BCUT2D eigenvalue weighted by Gasteiger charge is 2.39. The molecule has 1 amide bonds. The normalized spacial score (nSPS) is 16.1. The number of benzene rings is 1. The second kappa shape index (κ2) is 9.04. The van der Waals surface area contributed by atoms with E-state index in [-0.39, 0.29) is 18.7 Å². The molecular formula is C25H25F3N4O2S. The van der Waals surface area contributed by atoms with Gasteiger partial charge in [-0.3, -0.25) is 4.68 Å². The maximum atomic E-state index is 13.9. The third-order valence-corrected chi connectivity index (χ3v) is 6.74. The molecule has 0 fully saturated rings. The van der Waals surface area contributed by atoms with Crippen LogP contribution in [0.1, 0.15) is 60.2 Å². The zero-order chi connectivity index (χ0) is 25.5. The van der Waals surface area contributed by atoms with Crippen LogP contribution in [-0.2, 0) is 24.0 Å². The molecule has 1 aliphatic heterocycles. The van der Waals surface area contributed by atoms with Gasteiger partial charge >= 0.3 is 12.3 Å². The molecule has 0 spiro atoms. The molecule has 2 aromatic heterocycles. The standard InChI is InChI=1S/C25H25F3N4O2S/c1-5-32-13-20(22(30-32)25(26,27)28)17-9-7-6-8-16(17)19-12-31(23(33)34-24(2,3)4)14-21-18(19)10-15(11-29)35-21/h6-10,13,19H,5,12,14H2,1-4H3/t19-/m0/s1. The Morgan fingerprint density at radius 3 is 2.57 bits per heavy atom. The van der Waals surface area contributed by atoms with E-state index < -0.39 is 29.5 Å². The molecule has 4 rings (SSSR count). The number of nitriles is 1. The summed E-state index contributed by atoms with van der Waals surface area (Å²) < 4.78 is 48.5. The van der Waals surface area contributed by atoms with Gasteiger partial charge in [0.05, 0.1) is 6.54 Å². The number of aromatic nitrogens is 2. The lowest BCUT2D eigenvalue weighted by Crippen LogP contribution is -2.41. The van der Waals surface area contributed by atoms with E-state index in [2.05, 4.69) is 11.2 Å². The summed E-state index contributed by atoms with van der Waals surface area (Å²) in [5.41, 5.74) is 0.206. The van der Waals surface area contributed by atoms with Crippen molar-refractivity contribution in [2.45, 2.75) is 58.5 Å². The van der Waals surface area contributed by atoms with Crippen molar-refractivity contribution in [1.82, 2.24) is 14.7 Å². The number of ether oxygens (including phenoxy) is 1. The lowest BCUT2D eigenvalue weighted by Gasteiger charge is -2.35. The summed E-state index contributed by atoms with van der Waals surface area (Å²) >= 11 is 1.28. The van der Waals surface area contributed by atoms with E-state index in [0.717, 1.165) is 10.4 Å². The molecule has 3 heterocycles. The molecule has 0 unspecified atom stereocenters. The topological polar surface area (TPSA) is 71.2 Å². The second-order valence-electron chi connectivity index (χ2n) is 9.35. The SMILES string of the molecule is CCn1cc(-c2ccccc2[C@@H]2CN(C(=O)OC(C)(C)C)Cc3sc(C#N)cc32)c(C(F)(F)F)n1. The van der Waals surface area contributed by atoms with Crippen LogP contribution in [0.25, 0.3) is 11.1 Å². The van der Waals surface area contributed by atoms with Crippen LogP contribution in [0.5, 0.6) is 0 Å². The molecule has 0 bridgehead atoms. The van der Waals surface area contributed by atoms with Gasteiger partial charge in [0.1, 0.15) is 16.5 Å². The first kappa shape index (κ1) is 24.8. The number of halogens is 3. The summed E-state index contributed by atoms with van der Waals surface area (Å²) in [7, 11) is 0. The highest BCUT2D eigenvalue weighted by Crippen LogP contribution is 2.44. The van der Waals surface area contributed by atoms with Crippen LogP contribution in [-0.4, -0.2) is 32.9 Å². The quantitative estimate of drug-likeness (QED) is 0.415. The van der Waals surface area contributed by atoms with Crippen LogP contribution >= 0.6 is 11.3 Å². The smallest absolute Gasteiger partial charge is 0.435 e. The highest BCUT2D eigenvalue weighted by molar-refractivity contribution is 7.12. The number of carbonyl (C=O) groups excluding carboxylic acids is 1. The van der Waals surface area contributed by atoms with Gasteiger partial charge in [-0.2, -0.15) is 23.5 Å². The molecule has 0 aliphatic carbocycles. The van der Waals surface area contributed by atoms with Gasteiger partial charge < -0.3 is 9.64 Å². The van der Waals surface area contributed by atoms with Gasteiger partial charge in [0.15, 0.2) is 5.69 Å². The Hall–Kier alpha value is -3.32. The summed E-state index contributed by atoms with van der Waals surface area (Å²) in [6, 6.07) is 10.8. The van der Waals surface area contributed by atoms with Gasteiger partial charge in [-0.05, 0) is 50.5 Å². The third kappa shape index (κ3) is 5.05. The Balaban J connectivity index is 1.85. The average Bonchev–Trinajstić information content (AvgIpc) is 3.41. The molecule has 6 nitrogen and oxygen atoms in total. The highest BCUT2D eigenvalue weighted by atomic mass is 32.1. The number of amides is 1. The van der Waals surface area contributed by atoms with Crippen LogP contribution in [0, 0.1) is 11.3 Å². The number of nitrogens with zero attached hydrogens (tertiary/aromatic N) is 4. The summed E-state index contributed by atoms with van der Waals surface area (Å²) in [5, 5.41) is 13.3. The van der Waals surface area contributed by atoms with Crippen molar-refractivity contribution in [3.63, 3.8) is 0 Å². The summed E-state index contributed by atoms with van der Waals surface area (Å²) in [6.45, 7) is 7.83. The van der Waals surface area contributed by atoms with Crippen molar-refractivity contribution in [3.8, 4) is 17.2 Å². The van der Waals surface area contributed by atoms with E-state index in [1.165, 1.54) is 22.2 Å². The largest absolute Gasteiger partial charge is 0.444 e. The zero-order valence-electron chi connectivity index (χ0n) is 19.8. The molecular weight excluding hydrogens is 477 g/mol. The van der Waals surface area contributed by atoms with Crippen molar-refractivity contribution in [2.24, 2.45) is 0 Å². The first-order valence-electron chi connectivity index (χ1n) is 11.2. The number of rotatable bonds is 3. The van der Waals surface area contributed by atoms with E-state index in [4.69, 9.17) is 4.74 Å². The molecule has 184 valence electrons. The minimum atomic E-state index is -4.63. The van der Waals surface area contributed by atoms with Crippen LogP contribution in [0.2, 0.25) is 0 Å². The molecule has 35 heavy (non-hydrogen) atoms. The Kier molecular flexibility index (Phi) is 6.40. The lowest BCUT2D eigenvalue weighted by molar-refractivity contribution is -0.141. The maximum Gasteiger partial charge on any atom is 0.435 e. The lowest BCUT2D eigenvalue weighted by atomic mass is 9.84. The number of aryl methyl sites for hydroxylation is 1. The Morgan fingerprint density at radius 1 is 1.23 bits per heavy atom. The number of hydrogen-bond acceptors (Lipinski definition) is 5. The fourth-order valence-electron chi connectivity index (χ4n) is 4.24. The number of fused-ring (bicyclic) bond motifs is 1. The van der Waals surface area contributed by atoms with Crippen molar-refractivity contribution < 1.29 is 22.7 Å². The number of carbonyl (C=O) groups is 1. The van der Waals surface area contributed by atoms with Crippen LogP contribution in [0.15, 0.2) is 36.5 Å². The van der Waals surface area contributed by atoms with E-state index >= 15 is 0 Å². The van der Waals surface area contributed by atoms with Crippen LogP contribution < -0.4 is 0 Å². The first-order chi connectivity index (χ1) is 16.4. The second-order valence-corrected chi connectivity index (χ2v) is 10.5. The molecule has 0 saturated heterocycles. The summed E-state index contributed by atoms with van der Waals surface area (Å²) in [5.74, 6) is -0.438. The van der Waals surface area contributed by atoms with Crippen LogP contribution in [0.3, 0.4) is 0 Å². The molecule has 1 aromatic carbocycles. The first-order valence-corrected chi connectivity index (χ1v) is 12.0. The van der Waals surface area contributed by atoms with Crippen molar-refractivity contribution >= 4 is 17.4 Å². The maximum absolute atomic E-state index is 13.9. The predicted octanol–water partition coefficient (Wildman–Crippen LogP) is 6.40. The molecule has 0 N–H and O–H groups in total. The Morgan fingerprint density at radius 2 is 1.94 bits per heavy atom. The van der Waals surface area contributed by atoms with Crippen molar-refractivity contribution in [1.29, 1.82) is 5.26 Å². The van der Waals surface area contributed by atoms with Crippen molar-refractivity contribution in [3.05, 3.63) is 63.1 Å². The fourth-order valence-corrected chi connectivity index (χ4v) is 5.28. The fraction of sp³-hybridized carbons (Fsp3) is 0.400. The van der Waals surface area contributed by atoms with Gasteiger partial charge in [0.2, 0.25) is 0 Å². The minimum absolute atomic E-state index is 0.0124. The average molecular weight is 503 g/mol. The summed E-state index contributed by atoms with van der Waals surface area (Å²) in [4.78, 5) is 15.8. The molecule has 1 atom stereocenters. The molecule has 0 radical (unpaired) electrons. The van der Waals surface area contributed by atoms with E-state index in [1.807, 2.05) is 0 Å². The Labute approximate surface area is 205 Å². The van der Waals surface area contributed by atoms with E-state index in [9.17, 15) is 23.2 Å². The zero-order valence-corrected chi connectivity index (χ0v) is 20.6. The number of thiophene rings is 1. The number of alkyl halides is 3. The van der Waals surface area contributed by atoms with Gasteiger partial charge in [-0.25, -0.2) is 4.79 Å². The van der Waals surface area contributed by atoms with E-state index in [1.54, 1.807) is 62.9 Å². The molecule has 0 saturated carbocycles. The number of hydrogen-bond donors (Lipinski definition) is 0. The van der Waals surface area contributed by atoms with Gasteiger partial charge in [0.25, 0.3) is 0 Å². The van der Waals surface area contributed by atoms with E-state index in [0.29, 0.717) is 22.5 Å². The Bertz CT molecular complexity index is 1300. The predicted molar refractivity (Wildman–Crippen MR) is 126 cm³/mol. The van der Waals surface area contributed by atoms with Crippen LogP contribution in [0.4, 0.5) is 18.0 Å². The van der Waals surface area contributed by atoms with Gasteiger partial charge in [0, 0.05) is 35.6 Å². The molecule has 1 aliphatic rings.